The van der Waals surface area contributed by atoms with Crippen LogP contribution in [0, 0.1) is 12.8 Å². The van der Waals surface area contributed by atoms with Crippen molar-refractivity contribution in [2.24, 2.45) is 11.8 Å². The van der Waals surface area contributed by atoms with Gasteiger partial charge in [-0.05, 0) is 37.3 Å². The summed E-state index contributed by atoms with van der Waals surface area (Å²) in [5.41, 5.74) is 11.0. The molecule has 4 nitrogen and oxygen atoms in total. The van der Waals surface area contributed by atoms with E-state index in [2.05, 4.69) is 16.5 Å². The molecule has 1 aromatic heterocycles. The Labute approximate surface area is 96.4 Å². The van der Waals surface area contributed by atoms with Crippen LogP contribution in [0.2, 0.25) is 0 Å². The lowest BCUT2D eigenvalue weighted by Crippen LogP contribution is -2.33. The molecular formula is C12H20N4. The summed E-state index contributed by atoms with van der Waals surface area (Å²) in [5.74, 6) is 6.86. The standard InChI is InChI=1S/C12H20N4/c1-8-6-10(12(13)15-7-8)11(16-14)9-4-2-3-5-9/h6-7,9,11,16H,2-5,14H2,1H3,(H2,13,15). The van der Waals surface area contributed by atoms with E-state index in [1.165, 1.54) is 25.7 Å². The van der Waals surface area contributed by atoms with E-state index in [1.54, 1.807) is 6.20 Å². The fraction of sp³-hybridized carbons (Fsp3) is 0.583. The molecule has 4 heteroatoms. The molecule has 0 amide bonds. The first-order valence-corrected chi connectivity index (χ1v) is 5.90. The summed E-state index contributed by atoms with van der Waals surface area (Å²) in [6.45, 7) is 2.03. The van der Waals surface area contributed by atoms with Gasteiger partial charge in [-0.25, -0.2) is 4.98 Å². The van der Waals surface area contributed by atoms with Gasteiger partial charge in [0, 0.05) is 11.8 Å². The molecule has 1 saturated carbocycles. The van der Waals surface area contributed by atoms with Crippen molar-refractivity contribution < 1.29 is 0 Å². The van der Waals surface area contributed by atoms with Gasteiger partial charge in [0.1, 0.15) is 5.82 Å². The summed E-state index contributed by atoms with van der Waals surface area (Å²) in [4.78, 5) is 4.20. The lowest BCUT2D eigenvalue weighted by molar-refractivity contribution is 0.374. The molecule has 0 saturated heterocycles. The summed E-state index contributed by atoms with van der Waals surface area (Å²) >= 11 is 0. The highest BCUT2D eigenvalue weighted by Gasteiger charge is 2.27. The maximum atomic E-state index is 5.93. The number of nitrogen functional groups attached to an aromatic ring is 1. The molecule has 5 N–H and O–H groups in total. The van der Waals surface area contributed by atoms with Crippen LogP contribution in [-0.4, -0.2) is 4.98 Å². The van der Waals surface area contributed by atoms with Crippen molar-refractivity contribution in [1.82, 2.24) is 10.4 Å². The van der Waals surface area contributed by atoms with Gasteiger partial charge in [0.05, 0.1) is 6.04 Å². The van der Waals surface area contributed by atoms with E-state index >= 15 is 0 Å². The first kappa shape index (κ1) is 11.4. The number of rotatable bonds is 3. The number of aromatic nitrogens is 1. The number of nitrogens with one attached hydrogen (secondary N) is 1. The largest absolute Gasteiger partial charge is 0.383 e. The molecule has 0 aliphatic heterocycles. The van der Waals surface area contributed by atoms with Crippen LogP contribution in [0.5, 0.6) is 0 Å². The minimum Gasteiger partial charge on any atom is -0.383 e. The summed E-state index contributed by atoms with van der Waals surface area (Å²) in [6, 6.07) is 2.24. The molecule has 0 spiro atoms. The minimum atomic E-state index is 0.148. The van der Waals surface area contributed by atoms with Crippen LogP contribution in [0.3, 0.4) is 0 Å². The molecule has 1 unspecified atom stereocenters. The second kappa shape index (κ2) is 4.80. The van der Waals surface area contributed by atoms with Gasteiger partial charge in [-0.15, -0.1) is 0 Å². The lowest BCUT2D eigenvalue weighted by atomic mass is 9.92. The summed E-state index contributed by atoms with van der Waals surface area (Å²) in [5, 5.41) is 0. The third kappa shape index (κ3) is 2.18. The number of hydrogen-bond donors (Lipinski definition) is 3. The summed E-state index contributed by atoms with van der Waals surface area (Å²) in [7, 11) is 0. The van der Waals surface area contributed by atoms with E-state index in [1.807, 2.05) is 6.92 Å². The summed E-state index contributed by atoms with van der Waals surface area (Å²) < 4.78 is 0. The molecule has 0 radical (unpaired) electrons. The predicted molar refractivity (Wildman–Crippen MR) is 65.4 cm³/mol. The smallest absolute Gasteiger partial charge is 0.128 e. The highest BCUT2D eigenvalue weighted by molar-refractivity contribution is 5.43. The Morgan fingerprint density at radius 2 is 2.12 bits per heavy atom. The van der Waals surface area contributed by atoms with Crippen LogP contribution in [0.15, 0.2) is 12.3 Å². The maximum Gasteiger partial charge on any atom is 0.128 e. The Hall–Kier alpha value is -1.13. The number of nitrogens with zero attached hydrogens (tertiary/aromatic N) is 1. The predicted octanol–water partition coefficient (Wildman–Crippen LogP) is 1.67. The van der Waals surface area contributed by atoms with E-state index in [0.29, 0.717) is 11.7 Å². The Bertz CT molecular complexity index is 358. The van der Waals surface area contributed by atoms with Crippen molar-refractivity contribution >= 4 is 5.82 Å². The second-order valence-corrected chi connectivity index (χ2v) is 4.68. The van der Waals surface area contributed by atoms with E-state index in [9.17, 15) is 0 Å². The van der Waals surface area contributed by atoms with Gasteiger partial charge < -0.3 is 5.73 Å². The molecule has 0 bridgehead atoms. The highest BCUT2D eigenvalue weighted by atomic mass is 15.2. The van der Waals surface area contributed by atoms with E-state index < -0.39 is 0 Å². The maximum absolute atomic E-state index is 5.93. The molecule has 0 aromatic carbocycles. The Morgan fingerprint density at radius 1 is 1.44 bits per heavy atom. The molecule has 1 fully saturated rings. The number of nitrogens with two attached hydrogens (primary N) is 2. The zero-order chi connectivity index (χ0) is 11.5. The van der Waals surface area contributed by atoms with Gasteiger partial charge in [0.2, 0.25) is 0 Å². The molecule has 1 aliphatic rings. The second-order valence-electron chi connectivity index (χ2n) is 4.68. The third-order valence-electron chi connectivity index (χ3n) is 3.47. The first-order chi connectivity index (χ1) is 7.72. The van der Waals surface area contributed by atoms with Crippen molar-refractivity contribution in [3.8, 4) is 0 Å². The van der Waals surface area contributed by atoms with Gasteiger partial charge in [-0.3, -0.25) is 11.3 Å². The molecule has 88 valence electrons. The molecule has 1 aliphatic carbocycles. The van der Waals surface area contributed by atoms with Gasteiger partial charge in [0.15, 0.2) is 0 Å². The average Bonchev–Trinajstić information content (AvgIpc) is 2.78. The highest BCUT2D eigenvalue weighted by Crippen LogP contribution is 2.36. The van der Waals surface area contributed by atoms with Crippen molar-refractivity contribution in [2.75, 3.05) is 5.73 Å². The van der Waals surface area contributed by atoms with Crippen LogP contribution in [-0.2, 0) is 0 Å². The number of hydrazine groups is 1. The minimum absolute atomic E-state index is 0.148. The fourth-order valence-electron chi connectivity index (χ4n) is 2.62. The van der Waals surface area contributed by atoms with Gasteiger partial charge in [-0.1, -0.05) is 12.8 Å². The van der Waals surface area contributed by atoms with Crippen LogP contribution >= 0.6 is 0 Å². The quantitative estimate of drug-likeness (QED) is 0.535. The normalized spacial score (nSPS) is 18.9. The summed E-state index contributed by atoms with van der Waals surface area (Å²) in [6.07, 6.45) is 6.83. The van der Waals surface area contributed by atoms with Crippen LogP contribution in [0.25, 0.3) is 0 Å². The molecule has 1 aromatic rings. The van der Waals surface area contributed by atoms with E-state index in [0.717, 1.165) is 11.1 Å². The van der Waals surface area contributed by atoms with Gasteiger partial charge in [-0.2, -0.15) is 0 Å². The first-order valence-electron chi connectivity index (χ1n) is 5.90. The number of aryl methyl sites for hydroxylation is 1. The van der Waals surface area contributed by atoms with Crippen molar-refractivity contribution in [1.29, 1.82) is 0 Å². The average molecular weight is 220 g/mol. The van der Waals surface area contributed by atoms with Crippen LogP contribution < -0.4 is 17.0 Å². The molecule has 16 heavy (non-hydrogen) atoms. The lowest BCUT2D eigenvalue weighted by Gasteiger charge is -2.24. The van der Waals surface area contributed by atoms with Gasteiger partial charge in [0.25, 0.3) is 0 Å². The van der Waals surface area contributed by atoms with Crippen LogP contribution in [0.4, 0.5) is 5.82 Å². The zero-order valence-corrected chi connectivity index (χ0v) is 9.74. The molecule has 1 atom stereocenters. The SMILES string of the molecule is Cc1cnc(N)c(C(NN)C2CCCC2)c1. The Morgan fingerprint density at radius 3 is 2.75 bits per heavy atom. The Balaban J connectivity index is 2.28. The molecular weight excluding hydrogens is 200 g/mol. The number of hydrogen-bond acceptors (Lipinski definition) is 4. The third-order valence-corrected chi connectivity index (χ3v) is 3.47. The van der Waals surface area contributed by atoms with Crippen molar-refractivity contribution in [3.05, 3.63) is 23.4 Å². The topological polar surface area (TPSA) is 77.0 Å². The van der Waals surface area contributed by atoms with Crippen LogP contribution in [0.1, 0.15) is 42.9 Å². The Kier molecular flexibility index (Phi) is 3.41. The number of anilines is 1. The van der Waals surface area contributed by atoms with Crippen molar-refractivity contribution in [2.45, 2.75) is 38.6 Å². The van der Waals surface area contributed by atoms with E-state index in [4.69, 9.17) is 11.6 Å². The molecule has 2 rings (SSSR count). The monoisotopic (exact) mass is 220 g/mol. The number of pyridine rings is 1. The molecule has 1 heterocycles. The van der Waals surface area contributed by atoms with Crippen molar-refractivity contribution in [3.63, 3.8) is 0 Å². The van der Waals surface area contributed by atoms with Gasteiger partial charge >= 0.3 is 0 Å². The van der Waals surface area contributed by atoms with E-state index in [-0.39, 0.29) is 6.04 Å². The fourth-order valence-corrected chi connectivity index (χ4v) is 2.62. The zero-order valence-electron chi connectivity index (χ0n) is 9.74.